The molecule has 0 spiro atoms. The van der Waals surface area contributed by atoms with Gasteiger partial charge in [0.25, 0.3) is 5.91 Å². The van der Waals surface area contributed by atoms with Gasteiger partial charge < -0.3 is 0 Å². The number of anilines is 1. The average molecular weight is 415 g/mol. The van der Waals surface area contributed by atoms with Gasteiger partial charge in [-0.1, -0.05) is 6.07 Å². The molecule has 28 heavy (non-hydrogen) atoms. The second-order valence-corrected chi connectivity index (χ2v) is 8.82. The number of carbonyl (C=O) groups excluding carboxylic acids is 1. The minimum atomic E-state index is -3.88. The minimum absolute atomic E-state index is 0.00674. The highest BCUT2D eigenvalue weighted by molar-refractivity contribution is 7.89. The van der Waals surface area contributed by atoms with Gasteiger partial charge in [-0.15, -0.1) is 0 Å². The standard InChI is InChI=1S/C18H20F3N3O3S/c1-10-5-6-11(28(26,27)24-18(2,3)4)9-12(10)17(25)23-22-14-8-7-13(19)15(20)16(14)21/h5-9,22,24H,1-4H3,(H,23,25). The van der Waals surface area contributed by atoms with E-state index in [0.29, 0.717) is 11.6 Å². The fraction of sp³-hybridized carbons (Fsp3) is 0.278. The summed E-state index contributed by atoms with van der Waals surface area (Å²) in [6, 6.07) is 5.58. The molecule has 10 heteroatoms. The van der Waals surface area contributed by atoms with E-state index in [-0.39, 0.29) is 10.5 Å². The van der Waals surface area contributed by atoms with E-state index >= 15 is 0 Å². The quantitative estimate of drug-likeness (QED) is 0.517. The molecule has 2 aromatic carbocycles. The van der Waals surface area contributed by atoms with E-state index in [2.05, 4.69) is 15.6 Å². The summed E-state index contributed by atoms with van der Waals surface area (Å²) in [4.78, 5) is 12.3. The Kier molecular flexibility index (Phi) is 6.05. The van der Waals surface area contributed by atoms with Gasteiger partial charge in [-0.2, -0.15) is 0 Å². The van der Waals surface area contributed by atoms with Crippen LogP contribution in [0.2, 0.25) is 0 Å². The van der Waals surface area contributed by atoms with Crippen molar-refractivity contribution in [3.8, 4) is 0 Å². The third-order valence-electron chi connectivity index (χ3n) is 3.55. The fourth-order valence-corrected chi connectivity index (χ4v) is 3.73. The van der Waals surface area contributed by atoms with E-state index in [9.17, 15) is 26.4 Å². The number of aryl methyl sites for hydroxylation is 1. The zero-order chi connectivity index (χ0) is 21.3. The predicted molar refractivity (Wildman–Crippen MR) is 98.7 cm³/mol. The van der Waals surface area contributed by atoms with E-state index in [0.717, 1.165) is 6.07 Å². The van der Waals surface area contributed by atoms with Crippen LogP contribution in [0.4, 0.5) is 18.9 Å². The summed E-state index contributed by atoms with van der Waals surface area (Å²) in [5, 5.41) is 0. The Morgan fingerprint density at radius 2 is 1.64 bits per heavy atom. The third-order valence-corrected chi connectivity index (χ3v) is 5.31. The number of amides is 1. The Bertz CT molecular complexity index is 1020. The number of carbonyl (C=O) groups is 1. The average Bonchev–Trinajstić information content (AvgIpc) is 2.57. The topological polar surface area (TPSA) is 87.3 Å². The molecule has 0 aromatic heterocycles. The number of nitrogens with one attached hydrogen (secondary N) is 3. The van der Waals surface area contributed by atoms with Crippen molar-refractivity contribution in [2.45, 2.75) is 38.1 Å². The van der Waals surface area contributed by atoms with Crippen molar-refractivity contribution in [1.29, 1.82) is 0 Å². The Morgan fingerprint density at radius 3 is 2.25 bits per heavy atom. The molecule has 3 N–H and O–H groups in total. The minimum Gasteiger partial charge on any atom is -0.295 e. The predicted octanol–water partition coefficient (Wildman–Crippen LogP) is 3.25. The first kappa shape index (κ1) is 21.7. The summed E-state index contributed by atoms with van der Waals surface area (Å²) in [6.07, 6.45) is 0. The molecule has 0 bridgehead atoms. The Morgan fingerprint density at radius 1 is 1.00 bits per heavy atom. The lowest BCUT2D eigenvalue weighted by atomic mass is 10.1. The van der Waals surface area contributed by atoms with Crippen LogP contribution in [-0.2, 0) is 10.0 Å². The van der Waals surface area contributed by atoms with Crippen LogP contribution in [0.3, 0.4) is 0 Å². The first-order valence-electron chi connectivity index (χ1n) is 8.16. The van der Waals surface area contributed by atoms with Crippen LogP contribution < -0.4 is 15.6 Å². The fourth-order valence-electron chi connectivity index (χ4n) is 2.29. The van der Waals surface area contributed by atoms with Crippen molar-refractivity contribution in [3.05, 3.63) is 58.9 Å². The first-order valence-corrected chi connectivity index (χ1v) is 9.64. The molecule has 0 atom stereocenters. The largest absolute Gasteiger partial charge is 0.295 e. The van der Waals surface area contributed by atoms with Crippen molar-refractivity contribution in [2.24, 2.45) is 0 Å². The van der Waals surface area contributed by atoms with Crippen LogP contribution in [0.1, 0.15) is 36.7 Å². The summed E-state index contributed by atoms with van der Waals surface area (Å²) in [7, 11) is -3.88. The third kappa shape index (κ3) is 5.02. The molecule has 1 amide bonds. The van der Waals surface area contributed by atoms with E-state index in [4.69, 9.17) is 0 Å². The maximum atomic E-state index is 13.7. The number of rotatable bonds is 5. The second-order valence-electron chi connectivity index (χ2n) is 7.13. The van der Waals surface area contributed by atoms with Crippen LogP contribution in [-0.4, -0.2) is 19.9 Å². The Labute approximate surface area is 161 Å². The lowest BCUT2D eigenvalue weighted by molar-refractivity contribution is 0.0961. The van der Waals surface area contributed by atoms with Crippen LogP contribution >= 0.6 is 0 Å². The van der Waals surface area contributed by atoms with Gasteiger partial charge in [0.1, 0.15) is 0 Å². The number of hydrogen-bond acceptors (Lipinski definition) is 4. The molecule has 2 aromatic rings. The Balaban J connectivity index is 2.26. The molecule has 2 rings (SSSR count). The summed E-state index contributed by atoms with van der Waals surface area (Å²) < 4.78 is 67.2. The normalized spacial score (nSPS) is 12.0. The monoisotopic (exact) mass is 415 g/mol. The van der Waals surface area contributed by atoms with Crippen LogP contribution in [0.25, 0.3) is 0 Å². The molecular weight excluding hydrogens is 395 g/mol. The van der Waals surface area contributed by atoms with Gasteiger partial charge >= 0.3 is 0 Å². The van der Waals surface area contributed by atoms with Gasteiger partial charge in [-0.05, 0) is 57.5 Å². The smallest absolute Gasteiger partial charge is 0.269 e. The van der Waals surface area contributed by atoms with Crippen molar-refractivity contribution >= 4 is 21.6 Å². The second kappa shape index (κ2) is 7.80. The van der Waals surface area contributed by atoms with Crippen molar-refractivity contribution < 1.29 is 26.4 Å². The highest BCUT2D eigenvalue weighted by atomic mass is 32.2. The number of sulfonamides is 1. The van der Waals surface area contributed by atoms with Crippen LogP contribution in [0.5, 0.6) is 0 Å². The van der Waals surface area contributed by atoms with Gasteiger partial charge in [0.15, 0.2) is 17.5 Å². The van der Waals surface area contributed by atoms with Gasteiger partial charge in [-0.3, -0.25) is 15.6 Å². The molecule has 0 aliphatic heterocycles. The van der Waals surface area contributed by atoms with E-state index in [1.54, 1.807) is 27.7 Å². The number of hydrazine groups is 1. The van der Waals surface area contributed by atoms with Crippen LogP contribution in [0, 0.1) is 24.4 Å². The molecule has 0 aliphatic rings. The number of hydrogen-bond donors (Lipinski definition) is 3. The molecule has 0 fully saturated rings. The van der Waals surface area contributed by atoms with E-state index < -0.39 is 44.6 Å². The van der Waals surface area contributed by atoms with E-state index in [1.807, 2.05) is 0 Å². The molecule has 6 nitrogen and oxygen atoms in total. The molecule has 0 heterocycles. The lowest BCUT2D eigenvalue weighted by Gasteiger charge is -2.20. The molecule has 0 aliphatic carbocycles. The molecule has 0 saturated carbocycles. The first-order chi connectivity index (χ1) is 12.8. The van der Waals surface area contributed by atoms with Crippen molar-refractivity contribution in [3.63, 3.8) is 0 Å². The zero-order valence-corrected chi connectivity index (χ0v) is 16.5. The zero-order valence-electron chi connectivity index (χ0n) is 15.7. The maximum absolute atomic E-state index is 13.7. The number of benzene rings is 2. The molecule has 0 radical (unpaired) electrons. The highest BCUT2D eigenvalue weighted by Crippen LogP contribution is 2.20. The van der Waals surface area contributed by atoms with Gasteiger partial charge in [0.05, 0.1) is 10.6 Å². The van der Waals surface area contributed by atoms with Gasteiger partial charge in [0, 0.05) is 11.1 Å². The summed E-state index contributed by atoms with van der Waals surface area (Å²) >= 11 is 0. The molecule has 0 saturated heterocycles. The number of halogens is 3. The summed E-state index contributed by atoms with van der Waals surface area (Å²) in [6.45, 7) is 6.60. The van der Waals surface area contributed by atoms with Crippen LogP contribution in [0.15, 0.2) is 35.2 Å². The van der Waals surface area contributed by atoms with Gasteiger partial charge in [0.2, 0.25) is 10.0 Å². The maximum Gasteiger partial charge on any atom is 0.269 e. The van der Waals surface area contributed by atoms with Gasteiger partial charge in [-0.25, -0.2) is 26.3 Å². The SMILES string of the molecule is Cc1ccc(S(=O)(=O)NC(C)(C)C)cc1C(=O)NNc1ccc(F)c(F)c1F. The van der Waals surface area contributed by atoms with Crippen molar-refractivity contribution in [1.82, 2.24) is 10.1 Å². The van der Waals surface area contributed by atoms with E-state index in [1.165, 1.54) is 18.2 Å². The lowest BCUT2D eigenvalue weighted by Crippen LogP contribution is -2.40. The highest BCUT2D eigenvalue weighted by Gasteiger charge is 2.23. The molecule has 0 unspecified atom stereocenters. The summed E-state index contributed by atoms with van der Waals surface area (Å²) in [5.41, 5.74) is 3.55. The van der Waals surface area contributed by atoms with Crippen molar-refractivity contribution in [2.75, 3.05) is 5.43 Å². The molecule has 152 valence electrons. The molecular formula is C18H20F3N3O3S. The Hall–Kier alpha value is -2.59. The summed E-state index contributed by atoms with van der Waals surface area (Å²) in [5.74, 6) is -5.33.